The first-order chi connectivity index (χ1) is 6.38. The van der Waals surface area contributed by atoms with Crippen molar-refractivity contribution in [2.75, 3.05) is 5.34 Å². The third-order valence-electron chi connectivity index (χ3n) is 1.38. The molecule has 2 nitrogen and oxygen atoms in total. The molecule has 0 saturated heterocycles. The Morgan fingerprint density at radius 1 is 1.00 bits per heavy atom. The number of aromatic nitrogens is 2. The lowest BCUT2D eigenvalue weighted by atomic mass is 10.3. The Bertz CT molecular complexity index is 300. The van der Waals surface area contributed by atoms with Crippen molar-refractivity contribution in [1.29, 1.82) is 0 Å². The Morgan fingerprint density at radius 3 is 1.85 bits per heavy atom. The zero-order chi connectivity index (χ0) is 9.52. The van der Waals surface area contributed by atoms with E-state index in [-0.39, 0.29) is 5.34 Å². The van der Waals surface area contributed by atoms with Gasteiger partial charge in [0.15, 0.2) is 5.65 Å². The van der Waals surface area contributed by atoms with Gasteiger partial charge in [-0.15, -0.1) is 23.2 Å². The van der Waals surface area contributed by atoms with Crippen LogP contribution in [-0.4, -0.2) is 15.3 Å². The Labute approximate surface area is 86.5 Å². The summed E-state index contributed by atoms with van der Waals surface area (Å²) >= 11 is 9.53. The van der Waals surface area contributed by atoms with E-state index in [1.54, 1.807) is 12.4 Å². The molecule has 0 radical (unpaired) electrons. The van der Waals surface area contributed by atoms with Crippen LogP contribution in [-0.2, 0) is 0 Å². The second-order valence-electron chi connectivity index (χ2n) is 2.15. The average molecular weight is 215 g/mol. The van der Waals surface area contributed by atoms with Crippen molar-refractivity contribution in [3.05, 3.63) is 36.7 Å². The zero-order valence-electron chi connectivity index (χ0n) is 6.82. The van der Waals surface area contributed by atoms with E-state index >= 15 is 0 Å². The Balaban J connectivity index is 0.000000251. The fourth-order valence-electron chi connectivity index (χ4n) is 0.908. The lowest BCUT2D eigenvalue weighted by Gasteiger charge is -1.90. The van der Waals surface area contributed by atoms with Gasteiger partial charge in [-0.25, -0.2) is 9.97 Å². The largest absolute Gasteiger partial charge is 0.237 e. The smallest absolute Gasteiger partial charge is 0.159 e. The van der Waals surface area contributed by atoms with Crippen LogP contribution in [0.3, 0.4) is 0 Å². The molecule has 2 heterocycles. The van der Waals surface area contributed by atoms with E-state index in [1.165, 1.54) is 0 Å². The topological polar surface area (TPSA) is 25.8 Å². The summed E-state index contributed by atoms with van der Waals surface area (Å²) in [5, 5.41) is 1.28. The minimum Gasteiger partial charge on any atom is -0.237 e. The Kier molecular flexibility index (Phi) is 4.50. The first kappa shape index (κ1) is 10.2. The number of fused-ring (bicyclic) bond motifs is 1. The van der Waals surface area contributed by atoms with Gasteiger partial charge in [0.25, 0.3) is 0 Å². The van der Waals surface area contributed by atoms with Crippen LogP contribution in [0.2, 0.25) is 0 Å². The standard InChI is InChI=1S/C8H6N2.CH2Cl2/c1-3-7-4-2-6-10-8(7)9-5-1;2-1-3/h1-6H;1H2. The van der Waals surface area contributed by atoms with Gasteiger partial charge in [-0.3, -0.25) is 0 Å². The van der Waals surface area contributed by atoms with Crippen molar-refractivity contribution in [3.63, 3.8) is 0 Å². The Hall–Kier alpha value is -0.860. The summed E-state index contributed by atoms with van der Waals surface area (Å²) < 4.78 is 0. The van der Waals surface area contributed by atoms with Gasteiger partial charge in [-0.1, -0.05) is 0 Å². The zero-order valence-corrected chi connectivity index (χ0v) is 8.33. The molecule has 68 valence electrons. The highest BCUT2D eigenvalue weighted by Gasteiger charge is 1.88. The molecule has 0 saturated carbocycles. The molecule has 2 rings (SSSR count). The molecule has 2 aromatic rings. The van der Waals surface area contributed by atoms with Gasteiger partial charge < -0.3 is 0 Å². The summed E-state index contributed by atoms with van der Waals surface area (Å²) in [6.45, 7) is 0. The summed E-state index contributed by atoms with van der Waals surface area (Å²) in [6.07, 6.45) is 3.49. The maximum atomic E-state index is 4.76. The summed E-state index contributed by atoms with van der Waals surface area (Å²) in [4.78, 5) is 8.14. The summed E-state index contributed by atoms with van der Waals surface area (Å²) in [5.41, 5.74) is 0.810. The molecule has 0 fully saturated rings. The second-order valence-corrected chi connectivity index (χ2v) is 2.96. The molecule has 0 unspecified atom stereocenters. The van der Waals surface area contributed by atoms with Crippen LogP contribution in [0.1, 0.15) is 0 Å². The van der Waals surface area contributed by atoms with Crippen LogP contribution in [0.4, 0.5) is 0 Å². The van der Waals surface area contributed by atoms with Gasteiger partial charge in [0.2, 0.25) is 0 Å². The molecule has 13 heavy (non-hydrogen) atoms. The van der Waals surface area contributed by atoms with Crippen LogP contribution >= 0.6 is 23.2 Å². The first-order valence-corrected chi connectivity index (χ1v) is 4.73. The maximum Gasteiger partial charge on any atom is 0.159 e. The number of hydrogen-bond donors (Lipinski definition) is 0. The van der Waals surface area contributed by atoms with E-state index in [0.717, 1.165) is 11.0 Å². The third kappa shape index (κ3) is 3.17. The summed E-state index contributed by atoms with van der Waals surface area (Å²) in [5.74, 6) is 0. The maximum absolute atomic E-state index is 4.76. The van der Waals surface area contributed by atoms with Gasteiger partial charge in [0, 0.05) is 17.8 Å². The lowest BCUT2D eigenvalue weighted by Crippen LogP contribution is -1.78. The fraction of sp³-hybridized carbons (Fsp3) is 0.111. The number of pyridine rings is 2. The van der Waals surface area contributed by atoms with E-state index in [1.807, 2.05) is 24.3 Å². The highest BCUT2D eigenvalue weighted by atomic mass is 35.5. The van der Waals surface area contributed by atoms with Crippen molar-refractivity contribution in [2.45, 2.75) is 0 Å². The predicted octanol–water partition coefficient (Wildman–Crippen LogP) is 3.05. The number of rotatable bonds is 0. The summed E-state index contributed by atoms with van der Waals surface area (Å²) in [6, 6.07) is 7.80. The quantitative estimate of drug-likeness (QED) is 0.631. The Morgan fingerprint density at radius 2 is 1.46 bits per heavy atom. The van der Waals surface area contributed by atoms with E-state index in [4.69, 9.17) is 23.2 Å². The molecule has 0 aliphatic carbocycles. The van der Waals surface area contributed by atoms with Crippen LogP contribution in [0.15, 0.2) is 36.7 Å². The minimum atomic E-state index is 0.194. The van der Waals surface area contributed by atoms with E-state index in [2.05, 4.69) is 9.97 Å². The molecule has 0 aliphatic heterocycles. The molecular formula is C9H8Cl2N2. The van der Waals surface area contributed by atoms with Gasteiger partial charge in [-0.05, 0) is 24.3 Å². The lowest BCUT2D eigenvalue weighted by molar-refractivity contribution is 1.29. The van der Waals surface area contributed by atoms with Crippen molar-refractivity contribution in [3.8, 4) is 0 Å². The van der Waals surface area contributed by atoms with Gasteiger partial charge in [-0.2, -0.15) is 0 Å². The molecule has 0 amide bonds. The van der Waals surface area contributed by atoms with Crippen molar-refractivity contribution < 1.29 is 0 Å². The van der Waals surface area contributed by atoms with Gasteiger partial charge >= 0.3 is 0 Å². The molecule has 2 aromatic heterocycles. The molecule has 0 N–H and O–H groups in total. The van der Waals surface area contributed by atoms with Crippen LogP contribution in [0.5, 0.6) is 0 Å². The van der Waals surface area contributed by atoms with E-state index in [9.17, 15) is 0 Å². The third-order valence-corrected chi connectivity index (χ3v) is 1.38. The number of halogens is 2. The normalized spacial score (nSPS) is 9.08. The predicted molar refractivity (Wildman–Crippen MR) is 56.1 cm³/mol. The number of alkyl halides is 2. The highest BCUT2D eigenvalue weighted by Crippen LogP contribution is 2.04. The molecule has 0 atom stereocenters. The average Bonchev–Trinajstić information content (AvgIpc) is 2.19. The minimum absolute atomic E-state index is 0.194. The molecule has 0 bridgehead atoms. The molecular weight excluding hydrogens is 207 g/mol. The van der Waals surface area contributed by atoms with E-state index < -0.39 is 0 Å². The van der Waals surface area contributed by atoms with Gasteiger partial charge in [0.1, 0.15) is 0 Å². The summed E-state index contributed by atoms with van der Waals surface area (Å²) in [7, 11) is 0. The van der Waals surface area contributed by atoms with Crippen LogP contribution < -0.4 is 0 Å². The number of hydrogen-bond acceptors (Lipinski definition) is 2. The van der Waals surface area contributed by atoms with Crippen molar-refractivity contribution in [1.82, 2.24) is 9.97 Å². The monoisotopic (exact) mass is 214 g/mol. The fourth-order valence-corrected chi connectivity index (χ4v) is 0.908. The van der Waals surface area contributed by atoms with Crippen molar-refractivity contribution >= 4 is 34.2 Å². The van der Waals surface area contributed by atoms with Gasteiger partial charge in [0.05, 0.1) is 5.34 Å². The molecule has 0 aliphatic rings. The molecule has 0 spiro atoms. The molecule has 0 aromatic carbocycles. The number of nitrogens with zero attached hydrogens (tertiary/aromatic N) is 2. The van der Waals surface area contributed by atoms with Crippen molar-refractivity contribution in [2.24, 2.45) is 0 Å². The highest BCUT2D eigenvalue weighted by molar-refractivity contribution is 6.40. The molecule has 4 heteroatoms. The van der Waals surface area contributed by atoms with Crippen LogP contribution in [0.25, 0.3) is 11.0 Å². The first-order valence-electron chi connectivity index (χ1n) is 3.66. The van der Waals surface area contributed by atoms with Crippen LogP contribution in [0, 0.1) is 0 Å². The second kappa shape index (κ2) is 5.73. The van der Waals surface area contributed by atoms with E-state index in [0.29, 0.717) is 0 Å². The SMILES string of the molecule is ClCCl.c1cnc2ncccc2c1.